The Morgan fingerprint density at radius 1 is 1.28 bits per heavy atom. The van der Waals surface area contributed by atoms with Crippen LogP contribution in [0, 0.1) is 5.82 Å². The molecule has 2 aromatic carbocycles. The standard InChI is InChI=1S/C20H23ClFN5O2/c21-15-9-13(1-2-16(15)22)20(24)14-10-17(23)19(11-18(14)25-12-26-20)29-8-5-27-3-6-28-7-4-27/h1-2,9-12H,3-8,23-24H2,(H,25,26). The highest BCUT2D eigenvalue weighted by atomic mass is 35.5. The number of hydrogen-bond donors (Lipinski definition) is 3. The number of aliphatic imine (C=N–C) groups is 1. The monoisotopic (exact) mass is 419 g/mol. The molecule has 2 heterocycles. The number of fused-ring (bicyclic) bond motifs is 1. The molecule has 7 nitrogen and oxygen atoms in total. The first-order valence-electron chi connectivity index (χ1n) is 9.39. The van der Waals surface area contributed by atoms with Gasteiger partial charge in [-0.15, -0.1) is 0 Å². The Morgan fingerprint density at radius 2 is 2.07 bits per heavy atom. The van der Waals surface area contributed by atoms with Crippen molar-refractivity contribution in [2.45, 2.75) is 5.66 Å². The van der Waals surface area contributed by atoms with Crippen LogP contribution in [0.1, 0.15) is 11.1 Å². The molecule has 4 rings (SSSR count). The average Bonchev–Trinajstić information content (AvgIpc) is 2.72. The van der Waals surface area contributed by atoms with Gasteiger partial charge in [0.25, 0.3) is 0 Å². The van der Waals surface area contributed by atoms with Gasteiger partial charge in [0, 0.05) is 36.8 Å². The van der Waals surface area contributed by atoms with Crippen LogP contribution in [0.2, 0.25) is 5.02 Å². The van der Waals surface area contributed by atoms with Gasteiger partial charge in [0.2, 0.25) is 0 Å². The van der Waals surface area contributed by atoms with Gasteiger partial charge in [0.05, 0.1) is 35.9 Å². The maximum atomic E-state index is 13.6. The van der Waals surface area contributed by atoms with E-state index >= 15 is 0 Å². The first kappa shape index (κ1) is 19.9. The molecule has 0 amide bonds. The fourth-order valence-corrected chi connectivity index (χ4v) is 3.68. The molecule has 1 atom stereocenters. The van der Waals surface area contributed by atoms with Gasteiger partial charge in [-0.1, -0.05) is 17.7 Å². The second-order valence-electron chi connectivity index (χ2n) is 7.04. The molecule has 2 aliphatic rings. The molecule has 2 aliphatic heterocycles. The number of nitrogens with zero attached hydrogens (tertiary/aromatic N) is 2. The minimum atomic E-state index is -1.24. The summed E-state index contributed by atoms with van der Waals surface area (Å²) >= 11 is 5.95. The van der Waals surface area contributed by atoms with E-state index in [9.17, 15) is 4.39 Å². The Balaban J connectivity index is 1.56. The van der Waals surface area contributed by atoms with Crippen molar-refractivity contribution in [3.63, 3.8) is 0 Å². The van der Waals surface area contributed by atoms with E-state index in [2.05, 4.69) is 15.2 Å². The predicted octanol–water partition coefficient (Wildman–Crippen LogP) is 2.39. The molecule has 0 aromatic heterocycles. The van der Waals surface area contributed by atoms with E-state index in [0.29, 0.717) is 29.2 Å². The topological polar surface area (TPSA) is 98.1 Å². The van der Waals surface area contributed by atoms with Crippen molar-refractivity contribution in [1.29, 1.82) is 0 Å². The van der Waals surface area contributed by atoms with Crippen molar-refractivity contribution in [3.8, 4) is 5.75 Å². The Labute approximate surface area is 173 Å². The number of rotatable bonds is 5. The maximum Gasteiger partial charge on any atom is 0.163 e. The molecule has 0 bridgehead atoms. The lowest BCUT2D eigenvalue weighted by atomic mass is 9.89. The summed E-state index contributed by atoms with van der Waals surface area (Å²) in [7, 11) is 0. The molecule has 9 heteroatoms. The zero-order valence-corrected chi connectivity index (χ0v) is 16.6. The van der Waals surface area contributed by atoms with Crippen molar-refractivity contribution in [1.82, 2.24) is 4.90 Å². The highest BCUT2D eigenvalue weighted by Gasteiger charge is 2.34. The molecule has 0 radical (unpaired) electrons. The van der Waals surface area contributed by atoms with Gasteiger partial charge in [0.15, 0.2) is 5.66 Å². The van der Waals surface area contributed by atoms with Crippen molar-refractivity contribution in [2.24, 2.45) is 10.7 Å². The second kappa shape index (κ2) is 8.16. The van der Waals surface area contributed by atoms with Crippen LogP contribution in [-0.2, 0) is 10.4 Å². The van der Waals surface area contributed by atoms with Crippen LogP contribution in [0.5, 0.6) is 5.75 Å². The third kappa shape index (κ3) is 4.02. The molecule has 1 saturated heterocycles. The summed E-state index contributed by atoms with van der Waals surface area (Å²) in [6, 6.07) is 7.86. The van der Waals surface area contributed by atoms with Crippen molar-refractivity contribution in [3.05, 3.63) is 52.3 Å². The Hall–Kier alpha value is -2.39. The first-order chi connectivity index (χ1) is 14.0. The number of hydrogen-bond acceptors (Lipinski definition) is 7. The van der Waals surface area contributed by atoms with Gasteiger partial charge in [-0.25, -0.2) is 9.38 Å². The minimum Gasteiger partial charge on any atom is -0.490 e. The number of nitrogens with two attached hydrogens (primary N) is 2. The molecular weight excluding hydrogens is 397 g/mol. The van der Waals surface area contributed by atoms with Crippen LogP contribution >= 0.6 is 11.6 Å². The average molecular weight is 420 g/mol. The lowest BCUT2D eigenvalue weighted by Gasteiger charge is -2.32. The van der Waals surface area contributed by atoms with Crippen molar-refractivity contribution >= 4 is 29.3 Å². The summed E-state index contributed by atoms with van der Waals surface area (Å²) in [6.07, 6.45) is 1.51. The number of nitrogens with one attached hydrogen (secondary N) is 1. The number of halogens is 2. The Bertz CT molecular complexity index is 935. The summed E-state index contributed by atoms with van der Waals surface area (Å²) in [4.78, 5) is 6.67. The van der Waals surface area contributed by atoms with Crippen LogP contribution in [0.3, 0.4) is 0 Å². The van der Waals surface area contributed by atoms with E-state index in [1.54, 1.807) is 12.1 Å². The van der Waals surface area contributed by atoms with Gasteiger partial charge < -0.3 is 20.5 Å². The third-order valence-corrected chi connectivity index (χ3v) is 5.47. The number of benzene rings is 2. The molecule has 0 spiro atoms. The van der Waals surface area contributed by atoms with E-state index in [1.807, 2.05) is 6.07 Å². The summed E-state index contributed by atoms with van der Waals surface area (Å²) in [5.74, 6) is 0.0555. The van der Waals surface area contributed by atoms with Crippen LogP contribution in [-0.4, -0.2) is 50.7 Å². The van der Waals surface area contributed by atoms with Crippen molar-refractivity contribution in [2.75, 3.05) is 50.5 Å². The maximum absolute atomic E-state index is 13.6. The lowest BCUT2D eigenvalue weighted by Crippen LogP contribution is -2.39. The van der Waals surface area contributed by atoms with E-state index < -0.39 is 11.5 Å². The molecule has 1 fully saturated rings. The third-order valence-electron chi connectivity index (χ3n) is 5.18. The largest absolute Gasteiger partial charge is 0.490 e. The molecule has 1 unspecified atom stereocenters. The highest BCUT2D eigenvalue weighted by molar-refractivity contribution is 6.30. The number of ether oxygens (including phenoxy) is 2. The molecule has 154 valence electrons. The summed E-state index contributed by atoms with van der Waals surface area (Å²) in [6.45, 7) is 4.60. The Kier molecular flexibility index (Phi) is 5.60. The molecular formula is C20H23ClFN5O2. The fourth-order valence-electron chi connectivity index (χ4n) is 3.50. The quantitative estimate of drug-likeness (QED) is 0.644. The van der Waals surface area contributed by atoms with Gasteiger partial charge in [0.1, 0.15) is 18.2 Å². The number of nitrogen functional groups attached to an aromatic ring is 1. The van der Waals surface area contributed by atoms with Crippen LogP contribution in [0.15, 0.2) is 35.3 Å². The van der Waals surface area contributed by atoms with Gasteiger partial charge in [-0.05, 0) is 18.2 Å². The summed E-state index contributed by atoms with van der Waals surface area (Å²) in [5.41, 5.74) is 14.0. The second-order valence-corrected chi connectivity index (χ2v) is 7.44. The SMILES string of the molecule is Nc1cc2c(cc1OCCN1CCOCC1)NC=NC2(N)c1ccc(F)c(Cl)c1. The summed E-state index contributed by atoms with van der Waals surface area (Å²) in [5, 5.41) is 3.06. The van der Waals surface area contributed by atoms with Crippen LogP contribution in [0.25, 0.3) is 0 Å². The normalized spacial score (nSPS) is 21.5. The number of anilines is 2. The van der Waals surface area contributed by atoms with E-state index in [-0.39, 0.29) is 5.02 Å². The lowest BCUT2D eigenvalue weighted by molar-refractivity contribution is 0.0323. The highest BCUT2D eigenvalue weighted by Crippen LogP contribution is 2.41. The van der Waals surface area contributed by atoms with E-state index in [4.69, 9.17) is 32.5 Å². The predicted molar refractivity (Wildman–Crippen MR) is 112 cm³/mol. The van der Waals surface area contributed by atoms with Crippen molar-refractivity contribution < 1.29 is 13.9 Å². The number of morpholine rings is 1. The minimum absolute atomic E-state index is 0.0151. The first-order valence-corrected chi connectivity index (χ1v) is 9.77. The van der Waals surface area contributed by atoms with Gasteiger partial charge >= 0.3 is 0 Å². The zero-order valence-electron chi connectivity index (χ0n) is 15.8. The van der Waals surface area contributed by atoms with E-state index in [0.717, 1.165) is 38.5 Å². The fraction of sp³-hybridized carbons (Fsp3) is 0.350. The smallest absolute Gasteiger partial charge is 0.163 e. The van der Waals surface area contributed by atoms with Gasteiger partial charge in [-0.2, -0.15) is 0 Å². The zero-order chi connectivity index (χ0) is 20.4. The molecule has 2 aromatic rings. The summed E-state index contributed by atoms with van der Waals surface area (Å²) < 4.78 is 24.8. The Morgan fingerprint density at radius 3 is 2.83 bits per heavy atom. The van der Waals surface area contributed by atoms with E-state index in [1.165, 1.54) is 18.5 Å². The van der Waals surface area contributed by atoms with Crippen LogP contribution in [0.4, 0.5) is 15.8 Å². The molecule has 29 heavy (non-hydrogen) atoms. The van der Waals surface area contributed by atoms with Crippen LogP contribution < -0.4 is 21.5 Å². The molecule has 5 N–H and O–H groups in total. The molecule has 0 saturated carbocycles. The van der Waals surface area contributed by atoms with Gasteiger partial charge in [-0.3, -0.25) is 10.6 Å². The molecule has 0 aliphatic carbocycles.